The van der Waals surface area contributed by atoms with Gasteiger partial charge in [-0.1, -0.05) is 0 Å². The van der Waals surface area contributed by atoms with Crippen molar-refractivity contribution in [2.45, 2.75) is 38.3 Å². The molecule has 0 radical (unpaired) electrons. The van der Waals surface area contributed by atoms with Gasteiger partial charge in [-0.15, -0.1) is 0 Å². The Bertz CT molecular complexity index is 260. The molecular weight excluding hydrogens is 150 g/mol. The average Bonchev–Trinajstić information content (AvgIpc) is 2.32. The maximum atomic E-state index is 5.73. The van der Waals surface area contributed by atoms with E-state index in [4.69, 9.17) is 5.73 Å². The molecule has 1 unspecified atom stereocenters. The quantitative estimate of drug-likeness (QED) is 0.723. The van der Waals surface area contributed by atoms with Crippen molar-refractivity contribution in [2.24, 2.45) is 5.73 Å². The van der Waals surface area contributed by atoms with Gasteiger partial charge in [0.15, 0.2) is 0 Å². The summed E-state index contributed by atoms with van der Waals surface area (Å²) in [6.45, 7) is 1.99. The van der Waals surface area contributed by atoms with E-state index in [2.05, 4.69) is 16.0 Å². The molecule has 3 nitrogen and oxygen atoms in total. The van der Waals surface area contributed by atoms with E-state index < -0.39 is 0 Å². The van der Waals surface area contributed by atoms with Crippen LogP contribution in [-0.4, -0.2) is 9.78 Å². The van der Waals surface area contributed by atoms with Crippen molar-refractivity contribution in [3.63, 3.8) is 0 Å². The fraction of sp³-hybridized carbons (Fsp3) is 0.667. The van der Waals surface area contributed by atoms with Gasteiger partial charge in [-0.05, 0) is 26.2 Å². The first-order chi connectivity index (χ1) is 5.77. The van der Waals surface area contributed by atoms with E-state index in [9.17, 15) is 0 Å². The number of hydrogen-bond donors (Lipinski definition) is 1. The summed E-state index contributed by atoms with van der Waals surface area (Å²) in [5.74, 6) is 0. The molecule has 66 valence electrons. The predicted molar refractivity (Wildman–Crippen MR) is 47.7 cm³/mol. The Hall–Kier alpha value is -0.830. The fourth-order valence-electron chi connectivity index (χ4n) is 1.44. The highest BCUT2D eigenvalue weighted by molar-refractivity contribution is 5.09. The van der Waals surface area contributed by atoms with Gasteiger partial charge >= 0.3 is 0 Å². The minimum Gasteiger partial charge on any atom is -0.324 e. The number of nitrogens with zero attached hydrogens (tertiary/aromatic N) is 2. The summed E-state index contributed by atoms with van der Waals surface area (Å²) < 4.78 is 2.06. The molecule has 12 heavy (non-hydrogen) atoms. The molecule has 1 aliphatic carbocycles. The summed E-state index contributed by atoms with van der Waals surface area (Å²) >= 11 is 0. The zero-order valence-electron chi connectivity index (χ0n) is 7.40. The van der Waals surface area contributed by atoms with Crippen LogP contribution in [-0.2, 0) is 0 Å². The molecule has 2 N–H and O–H groups in total. The van der Waals surface area contributed by atoms with Crippen LogP contribution in [0.3, 0.4) is 0 Å². The molecule has 1 aromatic rings. The summed E-state index contributed by atoms with van der Waals surface area (Å²) in [5.41, 5.74) is 6.87. The highest BCUT2D eigenvalue weighted by atomic mass is 15.3. The largest absolute Gasteiger partial charge is 0.324 e. The van der Waals surface area contributed by atoms with E-state index in [0.29, 0.717) is 6.04 Å². The lowest BCUT2D eigenvalue weighted by atomic mass is 9.93. The van der Waals surface area contributed by atoms with Gasteiger partial charge in [0.25, 0.3) is 0 Å². The van der Waals surface area contributed by atoms with Crippen LogP contribution < -0.4 is 5.73 Å². The molecule has 1 aromatic heterocycles. The van der Waals surface area contributed by atoms with Crippen LogP contribution in [0.1, 0.15) is 43.8 Å². The molecule has 0 amide bonds. The Labute approximate surface area is 72.6 Å². The second-order valence-electron chi connectivity index (χ2n) is 3.63. The van der Waals surface area contributed by atoms with E-state index in [1.807, 2.05) is 13.1 Å². The first-order valence-electron chi connectivity index (χ1n) is 4.57. The van der Waals surface area contributed by atoms with Crippen LogP contribution in [0.4, 0.5) is 0 Å². The molecular formula is C9H15N3. The number of hydrogen-bond acceptors (Lipinski definition) is 2. The first-order valence-corrected chi connectivity index (χ1v) is 4.57. The van der Waals surface area contributed by atoms with Crippen molar-refractivity contribution >= 4 is 0 Å². The number of nitrogens with two attached hydrogens (primary N) is 1. The second-order valence-corrected chi connectivity index (χ2v) is 3.63. The van der Waals surface area contributed by atoms with Crippen molar-refractivity contribution < 1.29 is 0 Å². The zero-order chi connectivity index (χ0) is 8.55. The molecule has 1 saturated carbocycles. The maximum Gasteiger partial charge on any atom is 0.0537 e. The van der Waals surface area contributed by atoms with Crippen molar-refractivity contribution in [1.82, 2.24) is 9.78 Å². The highest BCUT2D eigenvalue weighted by Crippen LogP contribution is 2.31. The smallest absolute Gasteiger partial charge is 0.0537 e. The van der Waals surface area contributed by atoms with Crippen LogP contribution >= 0.6 is 0 Å². The van der Waals surface area contributed by atoms with E-state index in [1.54, 1.807) is 0 Å². The normalized spacial score (nSPS) is 20.5. The van der Waals surface area contributed by atoms with Gasteiger partial charge in [-0.25, -0.2) is 0 Å². The summed E-state index contributed by atoms with van der Waals surface area (Å²) in [7, 11) is 0. The average molecular weight is 165 g/mol. The SMILES string of the molecule is CC(N)c1cnn(C2CCC2)c1. The summed E-state index contributed by atoms with van der Waals surface area (Å²) in [4.78, 5) is 0. The lowest BCUT2D eigenvalue weighted by Gasteiger charge is -2.25. The zero-order valence-corrected chi connectivity index (χ0v) is 7.40. The molecule has 1 heterocycles. The van der Waals surface area contributed by atoms with E-state index in [-0.39, 0.29) is 6.04 Å². The van der Waals surface area contributed by atoms with Crippen molar-refractivity contribution in [2.75, 3.05) is 0 Å². The third-order valence-corrected chi connectivity index (χ3v) is 2.60. The summed E-state index contributed by atoms with van der Waals surface area (Å²) in [6, 6.07) is 0.760. The monoisotopic (exact) mass is 165 g/mol. The van der Waals surface area contributed by atoms with Crippen LogP contribution in [0.25, 0.3) is 0 Å². The molecule has 0 bridgehead atoms. The molecule has 0 aromatic carbocycles. The first kappa shape index (κ1) is 7.80. The Balaban J connectivity index is 2.12. The predicted octanol–water partition coefficient (Wildman–Crippen LogP) is 1.63. The minimum absolute atomic E-state index is 0.110. The molecule has 3 heteroatoms. The highest BCUT2D eigenvalue weighted by Gasteiger charge is 2.20. The Morgan fingerprint density at radius 2 is 2.42 bits per heavy atom. The lowest BCUT2D eigenvalue weighted by Crippen LogP contribution is -2.17. The van der Waals surface area contributed by atoms with Gasteiger partial charge < -0.3 is 5.73 Å². The third-order valence-electron chi connectivity index (χ3n) is 2.60. The van der Waals surface area contributed by atoms with Gasteiger partial charge in [0.05, 0.1) is 12.2 Å². The molecule has 1 fully saturated rings. The summed E-state index contributed by atoms with van der Waals surface area (Å²) in [6.07, 6.45) is 7.86. The minimum atomic E-state index is 0.110. The molecule has 1 atom stereocenters. The Kier molecular flexibility index (Phi) is 1.89. The van der Waals surface area contributed by atoms with Crippen molar-refractivity contribution in [1.29, 1.82) is 0 Å². The number of aromatic nitrogens is 2. The van der Waals surface area contributed by atoms with Crippen LogP contribution in [0.15, 0.2) is 12.4 Å². The molecule has 2 rings (SSSR count). The Morgan fingerprint density at radius 3 is 2.83 bits per heavy atom. The molecule has 0 saturated heterocycles. The van der Waals surface area contributed by atoms with Crippen LogP contribution in [0.2, 0.25) is 0 Å². The fourth-order valence-corrected chi connectivity index (χ4v) is 1.44. The standard InChI is InChI=1S/C9H15N3/c1-7(10)8-5-11-12(6-8)9-3-2-4-9/h5-7,9H,2-4,10H2,1H3. The molecule has 0 spiro atoms. The topological polar surface area (TPSA) is 43.8 Å². The van der Waals surface area contributed by atoms with E-state index >= 15 is 0 Å². The van der Waals surface area contributed by atoms with Gasteiger partial charge in [-0.3, -0.25) is 4.68 Å². The third kappa shape index (κ3) is 1.25. The van der Waals surface area contributed by atoms with Gasteiger partial charge in [0.2, 0.25) is 0 Å². The van der Waals surface area contributed by atoms with Gasteiger partial charge in [0, 0.05) is 17.8 Å². The molecule has 0 aliphatic heterocycles. The van der Waals surface area contributed by atoms with Crippen molar-refractivity contribution in [3.8, 4) is 0 Å². The van der Waals surface area contributed by atoms with Gasteiger partial charge in [-0.2, -0.15) is 5.10 Å². The summed E-state index contributed by atoms with van der Waals surface area (Å²) in [5, 5.41) is 4.30. The second kappa shape index (κ2) is 2.90. The molecule has 1 aliphatic rings. The lowest BCUT2D eigenvalue weighted by molar-refractivity contribution is 0.289. The van der Waals surface area contributed by atoms with E-state index in [0.717, 1.165) is 5.56 Å². The maximum absolute atomic E-state index is 5.73. The van der Waals surface area contributed by atoms with Crippen molar-refractivity contribution in [3.05, 3.63) is 18.0 Å². The van der Waals surface area contributed by atoms with Gasteiger partial charge in [0.1, 0.15) is 0 Å². The van der Waals surface area contributed by atoms with Crippen LogP contribution in [0.5, 0.6) is 0 Å². The number of rotatable bonds is 2. The van der Waals surface area contributed by atoms with Crippen LogP contribution in [0, 0.1) is 0 Å². The van der Waals surface area contributed by atoms with E-state index in [1.165, 1.54) is 19.3 Å². The Morgan fingerprint density at radius 1 is 1.67 bits per heavy atom.